The summed E-state index contributed by atoms with van der Waals surface area (Å²) < 4.78 is 45.8. The predicted molar refractivity (Wildman–Crippen MR) is 269 cm³/mol. The van der Waals surface area contributed by atoms with Crippen LogP contribution in [0.15, 0.2) is 47.4 Å². The molecule has 370 valence electrons. The van der Waals surface area contributed by atoms with Gasteiger partial charge < -0.3 is 14.0 Å². The first-order valence-corrected chi connectivity index (χ1v) is 28.5. The van der Waals surface area contributed by atoms with Crippen LogP contribution < -0.4 is 51.4 Å². The van der Waals surface area contributed by atoms with E-state index in [4.69, 9.17) is 9.47 Å². The van der Waals surface area contributed by atoms with E-state index in [-0.39, 0.29) is 75.7 Å². The fourth-order valence-electron chi connectivity index (χ4n) is 8.48. The minimum absolute atomic E-state index is 0. The normalized spacial score (nSPS) is 11.7. The van der Waals surface area contributed by atoms with Gasteiger partial charge in [0.15, 0.2) is 0 Å². The van der Waals surface area contributed by atoms with Crippen LogP contribution in [0.3, 0.4) is 0 Å². The summed E-state index contributed by atoms with van der Waals surface area (Å²) in [6.07, 6.45) is 60.5. The third-order valence-corrected chi connectivity index (χ3v) is 13.5. The average Bonchev–Trinajstić information content (AvgIpc) is 3.28. The molecule has 0 aliphatic rings. The van der Waals surface area contributed by atoms with E-state index in [9.17, 15) is 22.6 Å². The third-order valence-electron chi connectivity index (χ3n) is 12.6. The van der Waals surface area contributed by atoms with E-state index in [1.807, 2.05) is 12.2 Å². The Morgan fingerprint density at radius 2 is 0.677 bits per heavy atom. The first-order chi connectivity index (χ1) is 31.3. The molecule has 0 fully saturated rings. The largest absolute Gasteiger partial charge is 1.00 e. The zero-order valence-electron chi connectivity index (χ0n) is 42.5. The van der Waals surface area contributed by atoms with Crippen molar-refractivity contribution in [3.8, 4) is 0 Å². The van der Waals surface area contributed by atoms with Crippen molar-refractivity contribution in [3.05, 3.63) is 53.6 Å². The van der Waals surface area contributed by atoms with Crippen molar-refractivity contribution in [1.82, 2.24) is 0 Å². The number of allylic oxidation sites excluding steroid dienone is 2. The van der Waals surface area contributed by atoms with Crippen LogP contribution in [0.4, 0.5) is 0 Å². The summed E-state index contributed by atoms with van der Waals surface area (Å²) in [6, 6.07) is 3.06. The number of ether oxygens (including phenoxy) is 2. The zero-order valence-corrected chi connectivity index (χ0v) is 46.4. The maximum absolute atomic E-state index is 13.0. The number of benzene rings is 1. The second kappa shape index (κ2) is 48.2. The monoisotopic (exact) mass is 953 g/mol. The molecule has 1 aromatic carbocycles. The van der Waals surface area contributed by atoms with E-state index < -0.39 is 27.0 Å². The molecule has 1 aromatic rings. The number of carbonyl (C=O) groups is 2. The van der Waals surface area contributed by atoms with Crippen LogP contribution in [0, 0.1) is 0 Å². The number of rotatable bonds is 47. The number of unbranched alkanes of at least 4 members (excludes halogenated alkanes) is 38. The van der Waals surface area contributed by atoms with Crippen molar-refractivity contribution in [1.29, 1.82) is 0 Å². The topological polar surface area (TPSA) is 110 Å². The number of hydrogen-bond acceptors (Lipinski definition) is 7. The second-order valence-corrected chi connectivity index (χ2v) is 20.0. The number of hydrogen-bond donors (Lipinski definition) is 0. The molecule has 0 aliphatic heterocycles. The maximum atomic E-state index is 13.0. The molecule has 9 heteroatoms. The molecular formula is C56H97KO7S. The van der Waals surface area contributed by atoms with Crippen LogP contribution >= 0.6 is 0 Å². The molecule has 65 heavy (non-hydrogen) atoms. The smallest absolute Gasteiger partial charge is 0.744 e. The van der Waals surface area contributed by atoms with Gasteiger partial charge in [0, 0.05) is 0 Å². The van der Waals surface area contributed by atoms with Gasteiger partial charge in [-0.1, -0.05) is 269 Å². The van der Waals surface area contributed by atoms with Crippen molar-refractivity contribution in [3.63, 3.8) is 0 Å². The Bertz CT molecular complexity index is 1410. The summed E-state index contributed by atoms with van der Waals surface area (Å²) in [7, 11) is -4.84. The minimum Gasteiger partial charge on any atom is -0.744 e. The summed E-state index contributed by atoms with van der Waals surface area (Å²) in [5.74, 6) is -1.67. The Hall–Kier alpha value is -0.814. The minimum atomic E-state index is -4.84. The first kappa shape index (κ1) is 64.2. The van der Waals surface area contributed by atoms with E-state index in [0.29, 0.717) is 0 Å². The zero-order chi connectivity index (χ0) is 46.4. The van der Waals surface area contributed by atoms with Gasteiger partial charge in [-0.25, -0.2) is 18.0 Å². The van der Waals surface area contributed by atoms with Gasteiger partial charge in [0.2, 0.25) is 0 Å². The summed E-state index contributed by atoms with van der Waals surface area (Å²) in [5.41, 5.74) is -0.435. The Labute approximate surface area is 443 Å². The molecule has 0 aliphatic carbocycles. The van der Waals surface area contributed by atoms with Crippen LogP contribution in [0.25, 0.3) is 0 Å². The molecule has 0 atom stereocenters. The molecule has 0 bridgehead atoms. The van der Waals surface area contributed by atoms with Crippen molar-refractivity contribution in [2.75, 3.05) is 13.2 Å². The van der Waals surface area contributed by atoms with Crippen LogP contribution in [-0.2, 0) is 19.6 Å². The summed E-state index contributed by atoms with van der Waals surface area (Å²) in [6.45, 7) is 4.56. The van der Waals surface area contributed by atoms with E-state index in [1.54, 1.807) is 12.2 Å². The molecule has 7 nitrogen and oxygen atoms in total. The fraction of sp³-hybridized carbons (Fsp3) is 0.786. The van der Waals surface area contributed by atoms with Gasteiger partial charge in [0.1, 0.15) is 23.3 Å². The molecule has 0 aromatic heterocycles. The van der Waals surface area contributed by atoms with Gasteiger partial charge in [-0.2, -0.15) is 0 Å². The van der Waals surface area contributed by atoms with Crippen LogP contribution in [-0.4, -0.2) is 38.1 Å². The fourth-order valence-corrected chi connectivity index (χ4v) is 8.98. The summed E-state index contributed by atoms with van der Waals surface area (Å²) >= 11 is 0. The molecule has 1 rings (SSSR count). The molecule has 0 saturated heterocycles. The molecule has 0 N–H and O–H groups in total. The molecule has 0 heterocycles. The molecule has 0 radical (unpaired) electrons. The van der Waals surface area contributed by atoms with Gasteiger partial charge in [-0.15, -0.1) is 0 Å². The Kier molecular flexibility index (Phi) is 47.6. The third kappa shape index (κ3) is 40.8. The van der Waals surface area contributed by atoms with Crippen molar-refractivity contribution >= 4 is 22.1 Å². The molecule has 0 saturated carbocycles. The Balaban J connectivity index is 0.0000410. The summed E-state index contributed by atoms with van der Waals surface area (Å²) in [4.78, 5) is 25.3. The van der Waals surface area contributed by atoms with Crippen LogP contribution in [0.1, 0.15) is 291 Å². The van der Waals surface area contributed by atoms with Crippen molar-refractivity contribution < 1.29 is 83.4 Å². The van der Waals surface area contributed by atoms with E-state index in [1.165, 1.54) is 231 Å². The molecular weight excluding hydrogens is 856 g/mol. The molecule has 0 unspecified atom stereocenters. The summed E-state index contributed by atoms with van der Waals surface area (Å²) in [5, 5.41) is 0. The van der Waals surface area contributed by atoms with Gasteiger partial charge in [0.25, 0.3) is 0 Å². The van der Waals surface area contributed by atoms with Crippen LogP contribution in [0.2, 0.25) is 0 Å². The van der Waals surface area contributed by atoms with Gasteiger partial charge in [-0.3, -0.25) is 0 Å². The standard InChI is InChI=1S/C56H98O7S.K/c1-3-5-7-9-11-13-15-17-19-21-23-25-27-29-31-33-35-37-39-41-43-45-49-62-55(57)53-48-47-52(64(59,60)61)51-54(53)56(58)63-50-46-44-42-40-38-36-34-32-30-28-26-24-22-20-18-16-14-12-10-8-6-4-2;/h43-48,51H,3-42,49-50H2,1-2H3,(H,59,60,61);/q;+1/p-1/b45-43+,46-44+;. The Morgan fingerprint density at radius 1 is 0.415 bits per heavy atom. The maximum Gasteiger partial charge on any atom is 1.00 e. The van der Waals surface area contributed by atoms with Gasteiger partial charge >= 0.3 is 63.3 Å². The van der Waals surface area contributed by atoms with E-state index >= 15 is 0 Å². The van der Waals surface area contributed by atoms with E-state index in [0.717, 1.165) is 43.9 Å². The van der Waals surface area contributed by atoms with E-state index in [2.05, 4.69) is 13.8 Å². The average molecular weight is 954 g/mol. The quantitative estimate of drug-likeness (QED) is 0.0210. The second-order valence-electron chi connectivity index (χ2n) is 18.6. The molecule has 0 spiro atoms. The number of carbonyl (C=O) groups excluding carboxylic acids is 2. The van der Waals surface area contributed by atoms with Crippen molar-refractivity contribution in [2.24, 2.45) is 0 Å². The predicted octanol–water partition coefficient (Wildman–Crippen LogP) is 14.7. The van der Waals surface area contributed by atoms with Gasteiger partial charge in [0.05, 0.1) is 16.0 Å². The Morgan fingerprint density at radius 3 is 0.954 bits per heavy atom. The first-order valence-electron chi connectivity index (χ1n) is 27.0. The molecule has 0 amide bonds. The van der Waals surface area contributed by atoms with Gasteiger partial charge in [-0.05, 0) is 43.9 Å². The van der Waals surface area contributed by atoms with Crippen LogP contribution in [0.5, 0.6) is 0 Å². The number of esters is 2. The van der Waals surface area contributed by atoms with Crippen molar-refractivity contribution in [2.45, 2.75) is 276 Å². The SMILES string of the molecule is CCCCCCCCCCCCCCCCCCCCC/C=C/COC(=O)c1ccc(S(=O)(=O)[O-])cc1C(=O)OC/C=C/CCCCCCCCCCCCCCCCCCCCC.[K+].